The fourth-order valence-electron chi connectivity index (χ4n) is 2.09. The van der Waals surface area contributed by atoms with Gasteiger partial charge in [-0.15, -0.1) is 0 Å². The van der Waals surface area contributed by atoms with Crippen LogP contribution < -0.4 is 5.56 Å². The van der Waals surface area contributed by atoms with Crippen molar-refractivity contribution in [2.75, 3.05) is 14.2 Å². The molecule has 0 unspecified atom stereocenters. The summed E-state index contributed by atoms with van der Waals surface area (Å²) in [7, 11) is 2.97. The molecule has 20 heavy (non-hydrogen) atoms. The molecule has 0 aliphatic carbocycles. The number of aromatic nitrogens is 2. The standard InChI is InChI=1S/C14H17N3O3/c1-5-17-12-7-6-10(14(19)16(3)20-4)8-11(12)15-9(2)13(17)18/h6-8H,5H2,1-4H3. The van der Waals surface area contributed by atoms with Gasteiger partial charge in [0.25, 0.3) is 11.5 Å². The second-order valence-corrected chi connectivity index (χ2v) is 4.44. The lowest BCUT2D eigenvalue weighted by Crippen LogP contribution is -2.26. The van der Waals surface area contributed by atoms with Crippen LogP contribution in [0.5, 0.6) is 0 Å². The summed E-state index contributed by atoms with van der Waals surface area (Å²) in [6.45, 7) is 4.13. The van der Waals surface area contributed by atoms with Gasteiger partial charge in [-0.05, 0) is 32.0 Å². The van der Waals surface area contributed by atoms with Gasteiger partial charge in [-0.3, -0.25) is 14.4 Å². The highest BCUT2D eigenvalue weighted by molar-refractivity contribution is 5.96. The van der Waals surface area contributed by atoms with Gasteiger partial charge >= 0.3 is 0 Å². The minimum Gasteiger partial charge on any atom is -0.305 e. The van der Waals surface area contributed by atoms with E-state index in [-0.39, 0.29) is 11.5 Å². The van der Waals surface area contributed by atoms with Crippen molar-refractivity contribution in [2.24, 2.45) is 0 Å². The molecule has 0 saturated carbocycles. The summed E-state index contributed by atoms with van der Waals surface area (Å²) < 4.78 is 1.64. The van der Waals surface area contributed by atoms with Gasteiger partial charge in [0.1, 0.15) is 5.69 Å². The molecule has 6 heteroatoms. The summed E-state index contributed by atoms with van der Waals surface area (Å²) in [5.74, 6) is -0.261. The Labute approximate surface area is 116 Å². The maximum Gasteiger partial charge on any atom is 0.277 e. The fraction of sp³-hybridized carbons (Fsp3) is 0.357. The molecule has 0 aliphatic heterocycles. The first-order valence-corrected chi connectivity index (χ1v) is 6.33. The van der Waals surface area contributed by atoms with Gasteiger partial charge in [-0.2, -0.15) is 0 Å². The molecule has 0 bridgehead atoms. The number of carbonyl (C=O) groups excluding carboxylic acids is 1. The van der Waals surface area contributed by atoms with Crippen LogP contribution in [0.3, 0.4) is 0 Å². The lowest BCUT2D eigenvalue weighted by molar-refractivity contribution is -0.0756. The van der Waals surface area contributed by atoms with Crippen LogP contribution in [0.25, 0.3) is 11.0 Å². The lowest BCUT2D eigenvalue weighted by Gasteiger charge is -2.14. The largest absolute Gasteiger partial charge is 0.305 e. The Morgan fingerprint density at radius 3 is 2.75 bits per heavy atom. The second-order valence-electron chi connectivity index (χ2n) is 4.44. The Balaban J connectivity index is 2.64. The Kier molecular flexibility index (Phi) is 3.85. The number of carbonyl (C=O) groups is 1. The SMILES string of the molecule is CCn1c(=O)c(C)nc2cc(C(=O)N(C)OC)ccc21. The lowest BCUT2D eigenvalue weighted by atomic mass is 10.1. The van der Waals surface area contributed by atoms with Gasteiger partial charge in [0.2, 0.25) is 0 Å². The maximum atomic E-state index is 12.0. The fourth-order valence-corrected chi connectivity index (χ4v) is 2.09. The van der Waals surface area contributed by atoms with Gasteiger partial charge in [0, 0.05) is 19.2 Å². The Bertz CT molecular complexity index is 721. The van der Waals surface area contributed by atoms with Crippen LogP contribution in [-0.4, -0.2) is 34.7 Å². The number of hydroxylamine groups is 2. The molecule has 1 amide bonds. The molecule has 6 nitrogen and oxygen atoms in total. The number of benzene rings is 1. The predicted octanol–water partition coefficient (Wildman–Crippen LogP) is 1.36. The normalized spacial score (nSPS) is 10.8. The van der Waals surface area contributed by atoms with Crippen LogP contribution in [0.4, 0.5) is 0 Å². The highest BCUT2D eigenvalue weighted by atomic mass is 16.7. The monoisotopic (exact) mass is 275 g/mol. The van der Waals surface area contributed by atoms with E-state index >= 15 is 0 Å². The zero-order valence-corrected chi connectivity index (χ0v) is 12.0. The van der Waals surface area contributed by atoms with Crippen LogP contribution in [0.1, 0.15) is 23.0 Å². The molecule has 0 N–H and O–H groups in total. The van der Waals surface area contributed by atoms with E-state index in [0.29, 0.717) is 23.3 Å². The number of nitrogens with zero attached hydrogens (tertiary/aromatic N) is 3. The Morgan fingerprint density at radius 1 is 1.45 bits per heavy atom. The van der Waals surface area contributed by atoms with E-state index in [2.05, 4.69) is 4.98 Å². The third kappa shape index (κ3) is 2.30. The first-order chi connectivity index (χ1) is 9.49. The van der Waals surface area contributed by atoms with Crippen LogP contribution in [0, 0.1) is 6.92 Å². The van der Waals surface area contributed by atoms with E-state index in [4.69, 9.17) is 4.84 Å². The summed E-state index contributed by atoms with van der Waals surface area (Å²) in [4.78, 5) is 33.2. The molecule has 2 rings (SSSR count). The molecule has 106 valence electrons. The van der Waals surface area contributed by atoms with Crippen molar-refractivity contribution in [3.05, 3.63) is 39.8 Å². The first kappa shape index (κ1) is 14.2. The van der Waals surface area contributed by atoms with Crippen molar-refractivity contribution in [1.29, 1.82) is 0 Å². The summed E-state index contributed by atoms with van der Waals surface area (Å²) >= 11 is 0. The number of hydrogen-bond acceptors (Lipinski definition) is 4. The molecular formula is C14H17N3O3. The predicted molar refractivity (Wildman–Crippen MR) is 75.5 cm³/mol. The summed E-state index contributed by atoms with van der Waals surface area (Å²) in [6, 6.07) is 5.08. The van der Waals surface area contributed by atoms with Gasteiger partial charge in [0.05, 0.1) is 18.1 Å². The average Bonchev–Trinajstić information content (AvgIpc) is 2.46. The summed E-state index contributed by atoms with van der Waals surface area (Å²) in [6.07, 6.45) is 0. The number of hydrogen-bond donors (Lipinski definition) is 0. The van der Waals surface area contributed by atoms with Crippen molar-refractivity contribution in [2.45, 2.75) is 20.4 Å². The van der Waals surface area contributed by atoms with E-state index in [9.17, 15) is 9.59 Å². The third-order valence-electron chi connectivity index (χ3n) is 3.23. The van der Waals surface area contributed by atoms with Gasteiger partial charge in [-0.25, -0.2) is 10.0 Å². The second kappa shape index (κ2) is 5.42. The number of fused-ring (bicyclic) bond motifs is 1. The highest BCUT2D eigenvalue weighted by Gasteiger charge is 2.14. The molecule has 0 fully saturated rings. The topological polar surface area (TPSA) is 64.4 Å². The van der Waals surface area contributed by atoms with Crippen LogP contribution >= 0.6 is 0 Å². The van der Waals surface area contributed by atoms with Crippen molar-refractivity contribution in [3.63, 3.8) is 0 Å². The van der Waals surface area contributed by atoms with E-state index in [1.807, 2.05) is 6.92 Å². The molecule has 1 heterocycles. The van der Waals surface area contributed by atoms with Crippen LogP contribution in [0.15, 0.2) is 23.0 Å². The molecule has 1 aromatic heterocycles. The van der Waals surface area contributed by atoms with Crippen LogP contribution in [0.2, 0.25) is 0 Å². The van der Waals surface area contributed by atoms with Crippen molar-refractivity contribution < 1.29 is 9.63 Å². The summed E-state index contributed by atoms with van der Waals surface area (Å²) in [5.41, 5.74) is 2.13. The van der Waals surface area contributed by atoms with E-state index in [0.717, 1.165) is 10.6 Å². The minimum atomic E-state index is -0.261. The zero-order valence-electron chi connectivity index (χ0n) is 12.0. The van der Waals surface area contributed by atoms with Crippen molar-refractivity contribution in [1.82, 2.24) is 14.6 Å². The Morgan fingerprint density at radius 2 is 2.15 bits per heavy atom. The smallest absolute Gasteiger partial charge is 0.277 e. The van der Waals surface area contributed by atoms with Crippen molar-refractivity contribution >= 4 is 16.9 Å². The number of aryl methyl sites for hydroxylation is 2. The van der Waals surface area contributed by atoms with Crippen molar-refractivity contribution in [3.8, 4) is 0 Å². The third-order valence-corrected chi connectivity index (χ3v) is 3.23. The van der Waals surface area contributed by atoms with Gasteiger partial charge in [0.15, 0.2) is 0 Å². The molecule has 2 aromatic rings. The van der Waals surface area contributed by atoms with E-state index < -0.39 is 0 Å². The van der Waals surface area contributed by atoms with Crippen LogP contribution in [-0.2, 0) is 11.4 Å². The highest BCUT2D eigenvalue weighted by Crippen LogP contribution is 2.14. The average molecular weight is 275 g/mol. The number of amides is 1. The maximum absolute atomic E-state index is 12.0. The molecule has 0 spiro atoms. The quantitative estimate of drug-likeness (QED) is 0.793. The molecule has 1 aromatic carbocycles. The molecule has 0 aliphatic rings. The van der Waals surface area contributed by atoms with Gasteiger partial charge < -0.3 is 4.57 Å². The van der Waals surface area contributed by atoms with Gasteiger partial charge in [-0.1, -0.05) is 0 Å². The molecule has 0 saturated heterocycles. The zero-order chi connectivity index (χ0) is 14.9. The molecule has 0 radical (unpaired) electrons. The first-order valence-electron chi connectivity index (χ1n) is 6.33. The summed E-state index contributed by atoms with van der Waals surface area (Å²) in [5, 5.41) is 1.14. The van der Waals surface area contributed by atoms with E-state index in [1.54, 1.807) is 29.7 Å². The molecule has 0 atom stereocenters. The van der Waals surface area contributed by atoms with E-state index in [1.165, 1.54) is 14.2 Å². The minimum absolute atomic E-state index is 0.104. The molecular weight excluding hydrogens is 258 g/mol. The number of rotatable bonds is 3. The Hall–Kier alpha value is -2.21.